The standard InChI is InChI=1S/C16H25ClN2O/c1-3-18-11-13-10-14(17)7-8-16(13)19(4-2)12-15-6-5-9-20-15/h7-8,10,15,18H,3-6,9,11-12H2,1-2H3. The van der Waals surface area contributed by atoms with E-state index in [0.717, 1.165) is 37.8 Å². The Hall–Kier alpha value is -0.770. The Kier molecular flexibility index (Phi) is 6.14. The lowest BCUT2D eigenvalue weighted by Crippen LogP contribution is -2.33. The van der Waals surface area contributed by atoms with Gasteiger partial charge in [-0.2, -0.15) is 0 Å². The fraction of sp³-hybridized carbons (Fsp3) is 0.625. The van der Waals surface area contributed by atoms with Crippen molar-refractivity contribution >= 4 is 17.3 Å². The van der Waals surface area contributed by atoms with E-state index < -0.39 is 0 Å². The molecule has 0 aliphatic carbocycles. The second-order valence-corrected chi connectivity index (χ2v) is 5.66. The van der Waals surface area contributed by atoms with Crippen molar-refractivity contribution in [2.45, 2.75) is 39.3 Å². The van der Waals surface area contributed by atoms with Crippen LogP contribution in [-0.4, -0.2) is 32.3 Å². The molecule has 1 aromatic carbocycles. The zero-order chi connectivity index (χ0) is 14.4. The summed E-state index contributed by atoms with van der Waals surface area (Å²) in [5.41, 5.74) is 2.53. The molecule has 0 spiro atoms. The number of ether oxygens (including phenoxy) is 1. The summed E-state index contributed by atoms with van der Waals surface area (Å²) in [5.74, 6) is 0. The second-order valence-electron chi connectivity index (χ2n) is 5.23. The molecule has 0 aromatic heterocycles. The Balaban J connectivity index is 2.13. The van der Waals surface area contributed by atoms with E-state index in [1.807, 2.05) is 6.07 Å². The molecule has 0 amide bonds. The van der Waals surface area contributed by atoms with Crippen LogP contribution >= 0.6 is 11.6 Å². The third-order valence-electron chi connectivity index (χ3n) is 3.78. The van der Waals surface area contributed by atoms with Gasteiger partial charge in [-0.1, -0.05) is 18.5 Å². The van der Waals surface area contributed by atoms with E-state index in [9.17, 15) is 0 Å². The van der Waals surface area contributed by atoms with Gasteiger partial charge in [0.25, 0.3) is 0 Å². The number of benzene rings is 1. The fourth-order valence-corrected chi connectivity index (χ4v) is 2.89. The van der Waals surface area contributed by atoms with Gasteiger partial charge in [-0.05, 0) is 50.1 Å². The summed E-state index contributed by atoms with van der Waals surface area (Å²) < 4.78 is 5.77. The van der Waals surface area contributed by atoms with Crippen molar-refractivity contribution in [3.63, 3.8) is 0 Å². The summed E-state index contributed by atoms with van der Waals surface area (Å²) in [7, 11) is 0. The van der Waals surface area contributed by atoms with Crippen LogP contribution in [0.5, 0.6) is 0 Å². The van der Waals surface area contributed by atoms with Crippen LogP contribution in [-0.2, 0) is 11.3 Å². The first kappa shape index (κ1) is 15.6. The first-order valence-corrected chi connectivity index (χ1v) is 7.98. The first-order chi connectivity index (χ1) is 9.74. The maximum atomic E-state index is 6.14. The molecular formula is C16H25ClN2O. The number of halogens is 1. The number of nitrogens with zero attached hydrogens (tertiary/aromatic N) is 1. The second kappa shape index (κ2) is 7.87. The van der Waals surface area contributed by atoms with Gasteiger partial charge < -0.3 is 15.0 Å². The first-order valence-electron chi connectivity index (χ1n) is 7.60. The van der Waals surface area contributed by atoms with Gasteiger partial charge in [0, 0.05) is 37.0 Å². The molecule has 20 heavy (non-hydrogen) atoms. The molecule has 1 N–H and O–H groups in total. The van der Waals surface area contributed by atoms with E-state index >= 15 is 0 Å². The van der Waals surface area contributed by atoms with Gasteiger partial charge >= 0.3 is 0 Å². The summed E-state index contributed by atoms with van der Waals surface area (Å²) in [4.78, 5) is 2.40. The number of anilines is 1. The topological polar surface area (TPSA) is 24.5 Å². The quantitative estimate of drug-likeness (QED) is 0.834. The molecular weight excluding hydrogens is 272 g/mol. The third kappa shape index (κ3) is 4.11. The predicted octanol–water partition coefficient (Wildman–Crippen LogP) is 3.45. The number of hydrogen-bond acceptors (Lipinski definition) is 3. The Morgan fingerprint density at radius 1 is 1.40 bits per heavy atom. The van der Waals surface area contributed by atoms with Gasteiger partial charge in [-0.15, -0.1) is 0 Å². The zero-order valence-corrected chi connectivity index (χ0v) is 13.2. The highest BCUT2D eigenvalue weighted by Crippen LogP contribution is 2.26. The number of hydrogen-bond donors (Lipinski definition) is 1. The smallest absolute Gasteiger partial charge is 0.0750 e. The number of likely N-dealkylation sites (N-methyl/N-ethyl adjacent to an activating group) is 1. The molecule has 1 atom stereocenters. The largest absolute Gasteiger partial charge is 0.376 e. The molecule has 0 bridgehead atoms. The minimum atomic E-state index is 0.373. The highest BCUT2D eigenvalue weighted by atomic mass is 35.5. The fourth-order valence-electron chi connectivity index (χ4n) is 2.70. The lowest BCUT2D eigenvalue weighted by molar-refractivity contribution is 0.115. The molecule has 1 aliphatic rings. The summed E-state index contributed by atoms with van der Waals surface area (Å²) in [6, 6.07) is 6.18. The molecule has 1 saturated heterocycles. The maximum absolute atomic E-state index is 6.14. The minimum Gasteiger partial charge on any atom is -0.376 e. The van der Waals surface area contributed by atoms with E-state index in [1.54, 1.807) is 0 Å². The monoisotopic (exact) mass is 296 g/mol. The molecule has 1 aliphatic heterocycles. The van der Waals surface area contributed by atoms with Crippen LogP contribution in [0.25, 0.3) is 0 Å². The van der Waals surface area contributed by atoms with E-state index in [4.69, 9.17) is 16.3 Å². The Bertz CT molecular complexity index is 419. The number of rotatable bonds is 7. The molecule has 1 unspecified atom stereocenters. The highest BCUT2D eigenvalue weighted by molar-refractivity contribution is 6.30. The molecule has 0 radical (unpaired) electrons. The van der Waals surface area contributed by atoms with E-state index in [-0.39, 0.29) is 0 Å². The average molecular weight is 297 g/mol. The molecule has 1 heterocycles. The Morgan fingerprint density at radius 2 is 2.25 bits per heavy atom. The van der Waals surface area contributed by atoms with Crippen molar-refractivity contribution in [1.29, 1.82) is 0 Å². The van der Waals surface area contributed by atoms with E-state index in [2.05, 4.69) is 36.2 Å². The predicted molar refractivity (Wildman–Crippen MR) is 85.7 cm³/mol. The van der Waals surface area contributed by atoms with Crippen LogP contribution < -0.4 is 10.2 Å². The van der Waals surface area contributed by atoms with Crippen molar-refractivity contribution in [3.8, 4) is 0 Å². The molecule has 2 rings (SSSR count). The SMILES string of the molecule is CCNCc1cc(Cl)ccc1N(CC)CC1CCCO1. The van der Waals surface area contributed by atoms with Crippen molar-refractivity contribution in [1.82, 2.24) is 5.32 Å². The normalized spacial score (nSPS) is 18.4. The van der Waals surface area contributed by atoms with Crippen molar-refractivity contribution in [2.24, 2.45) is 0 Å². The van der Waals surface area contributed by atoms with Gasteiger partial charge in [-0.3, -0.25) is 0 Å². The van der Waals surface area contributed by atoms with Gasteiger partial charge in [-0.25, -0.2) is 0 Å². The Labute approximate surface area is 127 Å². The minimum absolute atomic E-state index is 0.373. The van der Waals surface area contributed by atoms with Gasteiger partial charge in [0.1, 0.15) is 0 Å². The summed E-state index contributed by atoms with van der Waals surface area (Å²) in [6.07, 6.45) is 2.73. The Morgan fingerprint density at radius 3 is 2.90 bits per heavy atom. The van der Waals surface area contributed by atoms with Crippen LogP contribution in [0.2, 0.25) is 5.02 Å². The lowest BCUT2D eigenvalue weighted by Gasteiger charge is -2.28. The lowest BCUT2D eigenvalue weighted by atomic mass is 10.1. The van der Waals surface area contributed by atoms with Gasteiger partial charge in [0.2, 0.25) is 0 Å². The van der Waals surface area contributed by atoms with E-state index in [0.29, 0.717) is 6.10 Å². The molecule has 0 saturated carbocycles. The molecule has 3 nitrogen and oxygen atoms in total. The van der Waals surface area contributed by atoms with Crippen LogP contribution in [0.15, 0.2) is 18.2 Å². The molecule has 1 aromatic rings. The maximum Gasteiger partial charge on any atom is 0.0750 e. The van der Waals surface area contributed by atoms with Crippen molar-refractivity contribution < 1.29 is 4.74 Å². The molecule has 112 valence electrons. The summed E-state index contributed by atoms with van der Waals surface area (Å²) >= 11 is 6.14. The van der Waals surface area contributed by atoms with E-state index in [1.165, 1.54) is 24.1 Å². The number of nitrogens with one attached hydrogen (secondary N) is 1. The summed E-state index contributed by atoms with van der Waals surface area (Å²) in [5, 5.41) is 4.19. The third-order valence-corrected chi connectivity index (χ3v) is 4.01. The van der Waals surface area contributed by atoms with Crippen LogP contribution in [0, 0.1) is 0 Å². The average Bonchev–Trinajstić information content (AvgIpc) is 2.96. The van der Waals surface area contributed by atoms with Crippen molar-refractivity contribution in [2.75, 3.05) is 31.1 Å². The van der Waals surface area contributed by atoms with Crippen LogP contribution in [0.3, 0.4) is 0 Å². The van der Waals surface area contributed by atoms with Crippen LogP contribution in [0.1, 0.15) is 32.3 Å². The van der Waals surface area contributed by atoms with Gasteiger partial charge in [0.15, 0.2) is 0 Å². The zero-order valence-electron chi connectivity index (χ0n) is 12.5. The van der Waals surface area contributed by atoms with Gasteiger partial charge in [0.05, 0.1) is 6.10 Å². The molecule has 4 heteroatoms. The molecule has 1 fully saturated rings. The summed E-state index contributed by atoms with van der Waals surface area (Å²) in [6.45, 7) is 9.00. The van der Waals surface area contributed by atoms with Crippen molar-refractivity contribution in [3.05, 3.63) is 28.8 Å². The van der Waals surface area contributed by atoms with Crippen LogP contribution in [0.4, 0.5) is 5.69 Å². The highest BCUT2D eigenvalue weighted by Gasteiger charge is 2.20.